The Bertz CT molecular complexity index is 361. The lowest BCUT2D eigenvalue weighted by atomic mass is 10.2. The van der Waals surface area contributed by atoms with Crippen LogP contribution in [-0.2, 0) is 0 Å². The Morgan fingerprint density at radius 3 is 2.69 bits per heavy atom. The van der Waals surface area contributed by atoms with Gasteiger partial charge in [0.05, 0.1) is 5.56 Å². The molecule has 2 nitrogen and oxygen atoms in total. The largest absolute Gasteiger partial charge is 0.486 e. The summed E-state index contributed by atoms with van der Waals surface area (Å²) >= 11 is 0. The van der Waals surface area contributed by atoms with E-state index in [2.05, 4.69) is 13.0 Å². The molecule has 2 heteroatoms. The smallest absolute Gasteiger partial charge is 0.137 e. The standard InChI is InChI=1S/C11H11NO/c1-11(6-7-11)13-10-5-3-2-4-9(10)8-12/h2-5H,6-7H2,1H3. The van der Waals surface area contributed by atoms with Gasteiger partial charge in [-0.05, 0) is 31.9 Å². The molecule has 0 atom stereocenters. The molecular weight excluding hydrogens is 162 g/mol. The van der Waals surface area contributed by atoms with E-state index in [0.717, 1.165) is 12.8 Å². The zero-order valence-corrected chi connectivity index (χ0v) is 7.58. The van der Waals surface area contributed by atoms with Crippen molar-refractivity contribution in [2.24, 2.45) is 0 Å². The molecule has 0 bridgehead atoms. The number of hydrogen-bond acceptors (Lipinski definition) is 2. The van der Waals surface area contributed by atoms with Crippen molar-refractivity contribution in [1.29, 1.82) is 5.26 Å². The number of ether oxygens (including phenoxy) is 1. The number of rotatable bonds is 2. The van der Waals surface area contributed by atoms with Crippen LogP contribution in [0.15, 0.2) is 24.3 Å². The summed E-state index contributed by atoms with van der Waals surface area (Å²) in [5, 5.41) is 8.81. The van der Waals surface area contributed by atoms with Gasteiger partial charge in [0, 0.05) is 0 Å². The Morgan fingerprint density at radius 1 is 1.38 bits per heavy atom. The second-order valence-corrected chi connectivity index (χ2v) is 3.66. The summed E-state index contributed by atoms with van der Waals surface area (Å²) in [6.07, 6.45) is 2.18. The van der Waals surface area contributed by atoms with Gasteiger partial charge < -0.3 is 4.74 Å². The molecule has 1 aliphatic carbocycles. The van der Waals surface area contributed by atoms with E-state index in [9.17, 15) is 0 Å². The molecule has 1 saturated carbocycles. The molecule has 66 valence electrons. The fourth-order valence-corrected chi connectivity index (χ4v) is 1.19. The third-order valence-electron chi connectivity index (χ3n) is 2.32. The second-order valence-electron chi connectivity index (χ2n) is 3.66. The Balaban J connectivity index is 2.25. The Hall–Kier alpha value is -1.49. The first-order valence-electron chi connectivity index (χ1n) is 4.42. The lowest BCUT2D eigenvalue weighted by molar-refractivity contribution is 0.200. The van der Waals surface area contributed by atoms with Gasteiger partial charge in [-0.25, -0.2) is 0 Å². The second kappa shape index (κ2) is 2.77. The maximum Gasteiger partial charge on any atom is 0.137 e. The van der Waals surface area contributed by atoms with Gasteiger partial charge in [-0.3, -0.25) is 0 Å². The predicted molar refractivity (Wildman–Crippen MR) is 49.4 cm³/mol. The van der Waals surface area contributed by atoms with Gasteiger partial charge in [-0.15, -0.1) is 0 Å². The first-order valence-corrected chi connectivity index (χ1v) is 4.42. The molecular formula is C11H11NO. The molecule has 0 radical (unpaired) electrons. The quantitative estimate of drug-likeness (QED) is 0.688. The van der Waals surface area contributed by atoms with Crippen LogP contribution in [0.2, 0.25) is 0 Å². The normalized spacial score (nSPS) is 17.5. The van der Waals surface area contributed by atoms with Crippen LogP contribution < -0.4 is 4.74 Å². The van der Waals surface area contributed by atoms with Crippen LogP contribution in [-0.4, -0.2) is 5.60 Å². The molecule has 1 aromatic rings. The maximum atomic E-state index is 8.81. The van der Waals surface area contributed by atoms with Gasteiger partial charge in [0.25, 0.3) is 0 Å². The molecule has 0 saturated heterocycles. The van der Waals surface area contributed by atoms with E-state index in [1.165, 1.54) is 0 Å². The van der Waals surface area contributed by atoms with Crippen molar-refractivity contribution in [1.82, 2.24) is 0 Å². The van der Waals surface area contributed by atoms with Crippen molar-refractivity contribution in [3.8, 4) is 11.8 Å². The molecule has 1 aliphatic rings. The van der Waals surface area contributed by atoms with Crippen molar-refractivity contribution >= 4 is 0 Å². The van der Waals surface area contributed by atoms with E-state index in [-0.39, 0.29) is 5.60 Å². The molecule has 0 spiro atoms. The molecule has 0 amide bonds. The van der Waals surface area contributed by atoms with E-state index in [0.29, 0.717) is 11.3 Å². The molecule has 0 N–H and O–H groups in total. The Kier molecular flexibility index (Phi) is 1.73. The fraction of sp³-hybridized carbons (Fsp3) is 0.364. The summed E-state index contributed by atoms with van der Waals surface area (Å²) in [4.78, 5) is 0. The monoisotopic (exact) mass is 173 g/mol. The fourth-order valence-electron chi connectivity index (χ4n) is 1.19. The SMILES string of the molecule is CC1(Oc2ccccc2C#N)CC1. The van der Waals surface area contributed by atoms with Crippen LogP contribution in [0.4, 0.5) is 0 Å². The van der Waals surface area contributed by atoms with E-state index in [4.69, 9.17) is 10.00 Å². The van der Waals surface area contributed by atoms with Crippen LogP contribution >= 0.6 is 0 Å². The molecule has 1 aromatic carbocycles. The Morgan fingerprint density at radius 2 is 2.08 bits per heavy atom. The maximum absolute atomic E-state index is 8.81. The minimum Gasteiger partial charge on any atom is -0.486 e. The molecule has 1 fully saturated rings. The van der Waals surface area contributed by atoms with E-state index >= 15 is 0 Å². The van der Waals surface area contributed by atoms with Crippen molar-refractivity contribution in [3.05, 3.63) is 29.8 Å². The minimum absolute atomic E-state index is 0.00699. The zero-order chi connectivity index (χ0) is 9.31. The van der Waals surface area contributed by atoms with Crippen molar-refractivity contribution in [2.45, 2.75) is 25.4 Å². The van der Waals surface area contributed by atoms with Crippen LogP contribution in [0.3, 0.4) is 0 Å². The molecule has 0 unspecified atom stereocenters. The number of nitriles is 1. The highest BCUT2D eigenvalue weighted by atomic mass is 16.5. The highest BCUT2D eigenvalue weighted by Crippen LogP contribution is 2.40. The van der Waals surface area contributed by atoms with E-state index in [1.807, 2.05) is 18.2 Å². The predicted octanol–water partition coefficient (Wildman–Crippen LogP) is 2.49. The number of hydrogen-bond donors (Lipinski definition) is 0. The average molecular weight is 173 g/mol. The van der Waals surface area contributed by atoms with Gasteiger partial charge in [-0.2, -0.15) is 5.26 Å². The number of para-hydroxylation sites is 1. The lowest BCUT2D eigenvalue weighted by Crippen LogP contribution is -2.12. The topological polar surface area (TPSA) is 33.0 Å². The number of benzene rings is 1. The summed E-state index contributed by atoms with van der Waals surface area (Å²) in [6.45, 7) is 2.07. The number of nitrogens with zero attached hydrogens (tertiary/aromatic N) is 1. The summed E-state index contributed by atoms with van der Waals surface area (Å²) in [7, 11) is 0. The van der Waals surface area contributed by atoms with Crippen LogP contribution in [0.1, 0.15) is 25.3 Å². The molecule has 0 aromatic heterocycles. The van der Waals surface area contributed by atoms with Gasteiger partial charge in [-0.1, -0.05) is 12.1 Å². The first-order chi connectivity index (χ1) is 6.23. The lowest BCUT2D eigenvalue weighted by Gasteiger charge is -2.13. The third kappa shape index (κ3) is 1.65. The zero-order valence-electron chi connectivity index (χ0n) is 7.58. The van der Waals surface area contributed by atoms with E-state index in [1.54, 1.807) is 6.07 Å². The van der Waals surface area contributed by atoms with Crippen molar-refractivity contribution in [3.63, 3.8) is 0 Å². The summed E-state index contributed by atoms with van der Waals surface area (Å²) in [6, 6.07) is 9.49. The summed E-state index contributed by atoms with van der Waals surface area (Å²) in [5.41, 5.74) is 0.614. The summed E-state index contributed by atoms with van der Waals surface area (Å²) in [5.74, 6) is 0.713. The van der Waals surface area contributed by atoms with Crippen molar-refractivity contribution in [2.75, 3.05) is 0 Å². The minimum atomic E-state index is -0.00699. The Labute approximate surface area is 77.8 Å². The van der Waals surface area contributed by atoms with Crippen LogP contribution in [0.5, 0.6) is 5.75 Å². The van der Waals surface area contributed by atoms with Crippen molar-refractivity contribution < 1.29 is 4.74 Å². The molecule has 0 heterocycles. The molecule has 13 heavy (non-hydrogen) atoms. The molecule has 2 rings (SSSR count). The highest BCUT2D eigenvalue weighted by Gasteiger charge is 2.40. The van der Waals surface area contributed by atoms with Gasteiger partial charge in [0.2, 0.25) is 0 Å². The highest BCUT2D eigenvalue weighted by molar-refractivity contribution is 5.43. The van der Waals surface area contributed by atoms with Gasteiger partial charge >= 0.3 is 0 Å². The van der Waals surface area contributed by atoms with Gasteiger partial charge in [0.1, 0.15) is 17.4 Å². The summed E-state index contributed by atoms with van der Waals surface area (Å²) < 4.78 is 5.71. The molecule has 0 aliphatic heterocycles. The average Bonchev–Trinajstić information content (AvgIpc) is 2.84. The van der Waals surface area contributed by atoms with Crippen LogP contribution in [0.25, 0.3) is 0 Å². The van der Waals surface area contributed by atoms with Gasteiger partial charge in [0.15, 0.2) is 0 Å². The third-order valence-corrected chi connectivity index (χ3v) is 2.32. The van der Waals surface area contributed by atoms with Crippen LogP contribution in [0, 0.1) is 11.3 Å². The first kappa shape index (κ1) is 8.12. The van der Waals surface area contributed by atoms with E-state index < -0.39 is 0 Å².